The lowest BCUT2D eigenvalue weighted by Gasteiger charge is -2.12. The summed E-state index contributed by atoms with van der Waals surface area (Å²) in [7, 11) is 0. The first-order valence-corrected chi connectivity index (χ1v) is 5.90. The van der Waals surface area contributed by atoms with E-state index < -0.39 is 22.8 Å². The molecule has 2 aromatic heterocycles. The molecule has 2 N–H and O–H groups in total. The van der Waals surface area contributed by atoms with Crippen molar-refractivity contribution in [1.82, 2.24) is 25.9 Å². The molecule has 0 bridgehead atoms. The summed E-state index contributed by atoms with van der Waals surface area (Å²) in [6, 6.07) is 1.93. The Morgan fingerprint density at radius 3 is 2.95 bits per heavy atom. The van der Waals surface area contributed by atoms with Crippen molar-refractivity contribution in [3.63, 3.8) is 0 Å². The van der Waals surface area contributed by atoms with Crippen molar-refractivity contribution in [1.29, 1.82) is 0 Å². The Kier molecular flexibility index (Phi) is 4.03. The molecule has 0 saturated carbocycles. The summed E-state index contributed by atoms with van der Waals surface area (Å²) in [6.07, 6.45) is 1.39. The largest absolute Gasteiger partial charge is 0.433 e. The number of furan rings is 1. The van der Waals surface area contributed by atoms with Crippen LogP contribution in [-0.4, -0.2) is 31.5 Å². The number of nitrogens with one attached hydrogen (secondary N) is 2. The molecule has 2 aromatic rings. The van der Waals surface area contributed by atoms with Crippen LogP contribution in [0.15, 0.2) is 16.5 Å². The van der Waals surface area contributed by atoms with Crippen molar-refractivity contribution < 1.29 is 14.1 Å². The third kappa shape index (κ3) is 2.96. The van der Waals surface area contributed by atoms with Crippen LogP contribution < -0.4 is 5.32 Å². The molecule has 0 aliphatic heterocycles. The molecule has 0 radical (unpaired) electrons. The van der Waals surface area contributed by atoms with Gasteiger partial charge in [-0.2, -0.15) is 5.21 Å². The molecule has 0 unspecified atom stereocenters. The van der Waals surface area contributed by atoms with Crippen LogP contribution in [0.1, 0.15) is 42.2 Å². The molecule has 10 nitrogen and oxygen atoms in total. The van der Waals surface area contributed by atoms with Crippen molar-refractivity contribution in [2.24, 2.45) is 0 Å². The Labute approximate surface area is 112 Å². The maximum Gasteiger partial charge on any atom is 0.433 e. The zero-order valence-corrected chi connectivity index (χ0v) is 10.6. The van der Waals surface area contributed by atoms with Gasteiger partial charge in [-0.3, -0.25) is 14.9 Å². The molecular formula is C10H12N6O4. The molecular weight excluding hydrogens is 268 g/mol. The van der Waals surface area contributed by atoms with Crippen molar-refractivity contribution in [2.45, 2.75) is 25.8 Å². The topological polar surface area (TPSA) is 140 Å². The zero-order valence-electron chi connectivity index (χ0n) is 10.6. The highest BCUT2D eigenvalue weighted by molar-refractivity contribution is 5.91. The van der Waals surface area contributed by atoms with Gasteiger partial charge in [-0.1, -0.05) is 18.6 Å². The standard InChI is InChI=1S/C10H12N6O4/c1-2-3-6(9-12-14-15-13-9)11-10(17)7-4-5-8(20-7)16(18)19/h4-6H,2-3H2,1H3,(H,11,17)(H,12,13,14,15)/t6-/m0/s1. The third-order valence-corrected chi connectivity index (χ3v) is 2.55. The van der Waals surface area contributed by atoms with Crippen molar-refractivity contribution in [3.8, 4) is 0 Å². The number of rotatable bonds is 6. The summed E-state index contributed by atoms with van der Waals surface area (Å²) < 4.78 is 4.83. The maximum absolute atomic E-state index is 11.9. The average molecular weight is 280 g/mol. The van der Waals surface area contributed by atoms with Crippen LogP contribution in [0.2, 0.25) is 0 Å². The maximum atomic E-state index is 11.9. The molecule has 20 heavy (non-hydrogen) atoms. The molecule has 10 heteroatoms. The van der Waals surface area contributed by atoms with Crippen LogP contribution in [0.4, 0.5) is 5.88 Å². The second kappa shape index (κ2) is 5.91. The minimum Gasteiger partial charge on any atom is -0.395 e. The van der Waals surface area contributed by atoms with Crippen molar-refractivity contribution in [3.05, 3.63) is 33.8 Å². The Morgan fingerprint density at radius 1 is 1.60 bits per heavy atom. The smallest absolute Gasteiger partial charge is 0.395 e. The second-order valence-electron chi connectivity index (χ2n) is 3.98. The summed E-state index contributed by atoms with van der Waals surface area (Å²) in [5.41, 5.74) is 0. The number of hydrogen-bond donors (Lipinski definition) is 2. The number of hydrogen-bond acceptors (Lipinski definition) is 7. The summed E-state index contributed by atoms with van der Waals surface area (Å²) >= 11 is 0. The van der Waals surface area contributed by atoms with Gasteiger partial charge in [0.25, 0.3) is 5.91 Å². The van der Waals surface area contributed by atoms with E-state index in [1.165, 1.54) is 6.07 Å². The highest BCUT2D eigenvalue weighted by Crippen LogP contribution is 2.18. The first-order chi connectivity index (χ1) is 9.61. The van der Waals surface area contributed by atoms with Gasteiger partial charge in [-0.15, -0.1) is 10.2 Å². The predicted molar refractivity (Wildman–Crippen MR) is 64.7 cm³/mol. The molecule has 1 amide bonds. The molecule has 2 heterocycles. The molecule has 0 fully saturated rings. The first kappa shape index (κ1) is 13.6. The lowest BCUT2D eigenvalue weighted by molar-refractivity contribution is -0.402. The molecule has 0 spiro atoms. The molecule has 2 rings (SSSR count). The van der Waals surface area contributed by atoms with Crippen molar-refractivity contribution >= 4 is 11.8 Å². The van der Waals surface area contributed by atoms with Gasteiger partial charge in [0.15, 0.2) is 11.6 Å². The highest BCUT2D eigenvalue weighted by atomic mass is 16.6. The van der Waals surface area contributed by atoms with Gasteiger partial charge in [0.05, 0.1) is 12.1 Å². The van der Waals surface area contributed by atoms with E-state index in [4.69, 9.17) is 4.42 Å². The van der Waals surface area contributed by atoms with Gasteiger partial charge in [-0.05, 0) is 12.5 Å². The van der Waals surface area contributed by atoms with Crippen molar-refractivity contribution in [2.75, 3.05) is 0 Å². The lowest BCUT2D eigenvalue weighted by Crippen LogP contribution is -2.29. The van der Waals surface area contributed by atoms with Crippen LogP contribution in [0, 0.1) is 10.1 Å². The monoisotopic (exact) mass is 280 g/mol. The van der Waals surface area contributed by atoms with E-state index in [9.17, 15) is 14.9 Å². The van der Waals surface area contributed by atoms with Crippen LogP contribution in [0.3, 0.4) is 0 Å². The highest BCUT2D eigenvalue weighted by Gasteiger charge is 2.22. The second-order valence-corrected chi connectivity index (χ2v) is 3.98. The fourth-order valence-corrected chi connectivity index (χ4v) is 1.65. The minimum atomic E-state index is -0.709. The van der Waals surface area contributed by atoms with Gasteiger partial charge >= 0.3 is 5.88 Å². The van der Waals surface area contributed by atoms with Gasteiger partial charge < -0.3 is 9.73 Å². The normalized spacial score (nSPS) is 12.1. The Hall–Kier alpha value is -2.78. The quantitative estimate of drug-likeness (QED) is 0.593. The Balaban J connectivity index is 2.09. The summed E-state index contributed by atoms with van der Waals surface area (Å²) in [5.74, 6) is -0.842. The van der Waals surface area contributed by atoms with Gasteiger partial charge in [0.2, 0.25) is 0 Å². The lowest BCUT2D eigenvalue weighted by atomic mass is 10.1. The Morgan fingerprint density at radius 2 is 2.40 bits per heavy atom. The van der Waals surface area contributed by atoms with E-state index in [-0.39, 0.29) is 5.76 Å². The summed E-state index contributed by atoms with van der Waals surface area (Å²) in [4.78, 5) is 21.7. The number of nitrogens with zero attached hydrogens (tertiary/aromatic N) is 4. The molecule has 0 aliphatic rings. The van der Waals surface area contributed by atoms with Gasteiger partial charge in [-0.25, -0.2) is 0 Å². The van der Waals surface area contributed by atoms with E-state index in [1.807, 2.05) is 6.92 Å². The van der Waals surface area contributed by atoms with Crippen LogP contribution in [0.5, 0.6) is 0 Å². The Bertz CT molecular complexity index is 593. The fraction of sp³-hybridized carbons (Fsp3) is 0.400. The number of aromatic amines is 1. The molecule has 0 saturated heterocycles. The van der Waals surface area contributed by atoms with Crippen LogP contribution in [-0.2, 0) is 0 Å². The number of carbonyl (C=O) groups is 1. The molecule has 0 aliphatic carbocycles. The van der Waals surface area contributed by atoms with Crippen LogP contribution in [0.25, 0.3) is 0 Å². The number of tetrazole rings is 1. The predicted octanol–water partition coefficient (Wildman–Crippen LogP) is 0.972. The molecule has 106 valence electrons. The summed E-state index contributed by atoms with van der Waals surface area (Å²) in [6.45, 7) is 1.94. The van der Waals surface area contributed by atoms with Gasteiger partial charge in [0, 0.05) is 0 Å². The van der Waals surface area contributed by atoms with Gasteiger partial charge in [0.1, 0.15) is 4.92 Å². The average Bonchev–Trinajstić information content (AvgIpc) is 3.09. The SMILES string of the molecule is CCC[C@H](NC(=O)c1ccc([N+](=O)[O-])o1)c1nn[nH]n1. The number of H-pyrrole nitrogens is 1. The first-order valence-electron chi connectivity index (χ1n) is 5.90. The fourth-order valence-electron chi connectivity index (χ4n) is 1.65. The van der Waals surface area contributed by atoms with E-state index in [0.29, 0.717) is 12.2 Å². The third-order valence-electron chi connectivity index (χ3n) is 2.55. The van der Waals surface area contributed by atoms with E-state index >= 15 is 0 Å². The minimum absolute atomic E-state index is 0.138. The number of nitro groups is 1. The number of amides is 1. The molecule has 0 aromatic carbocycles. The van der Waals surface area contributed by atoms with E-state index in [2.05, 4.69) is 25.9 Å². The van der Waals surface area contributed by atoms with E-state index in [1.54, 1.807) is 0 Å². The number of carbonyl (C=O) groups excluding carboxylic acids is 1. The summed E-state index contributed by atoms with van der Waals surface area (Å²) in [5, 5.41) is 26.5. The van der Waals surface area contributed by atoms with Crippen LogP contribution >= 0.6 is 0 Å². The van der Waals surface area contributed by atoms with E-state index in [0.717, 1.165) is 12.5 Å². The zero-order chi connectivity index (χ0) is 14.5. The number of aromatic nitrogens is 4. The molecule has 1 atom stereocenters.